The van der Waals surface area contributed by atoms with Crippen molar-refractivity contribution in [2.45, 2.75) is 33.1 Å². The van der Waals surface area contributed by atoms with Gasteiger partial charge in [0.25, 0.3) is 5.69 Å². The molecule has 6 heteroatoms. The molecule has 1 aromatic rings. The molecular weight excluding hydrogens is 272 g/mol. The Kier molecular flexibility index (Phi) is 4.16. The van der Waals surface area contributed by atoms with Crippen molar-refractivity contribution in [1.82, 2.24) is 0 Å². The number of para-hydroxylation sites is 1. The van der Waals surface area contributed by atoms with E-state index >= 15 is 0 Å². The third kappa shape index (κ3) is 2.70. The molecule has 1 aliphatic heterocycles. The van der Waals surface area contributed by atoms with E-state index in [0.29, 0.717) is 13.1 Å². The Bertz CT molecular complexity index is 535. The lowest BCUT2D eigenvalue weighted by molar-refractivity contribution is -0.384. The van der Waals surface area contributed by atoms with E-state index in [-0.39, 0.29) is 22.4 Å². The molecule has 0 spiro atoms. The molecule has 1 N–H and O–H groups in total. The van der Waals surface area contributed by atoms with Gasteiger partial charge in [-0.25, -0.2) is 4.79 Å². The average Bonchev–Trinajstić information content (AvgIpc) is 2.91. The molecule has 1 aromatic carbocycles. The van der Waals surface area contributed by atoms with Crippen molar-refractivity contribution in [2.75, 3.05) is 18.0 Å². The standard InChI is InChI=1S/C15H20N2O4/c1-3-15(4-2)8-9-16(10-15)13-11(14(18)19)6-5-7-12(13)17(20)21/h5-7H,3-4,8-10H2,1-2H3,(H,18,19). The largest absolute Gasteiger partial charge is 0.478 e. The van der Waals surface area contributed by atoms with Crippen LogP contribution in [0.4, 0.5) is 11.4 Å². The highest BCUT2D eigenvalue weighted by atomic mass is 16.6. The van der Waals surface area contributed by atoms with Crippen molar-refractivity contribution >= 4 is 17.3 Å². The van der Waals surface area contributed by atoms with Crippen LogP contribution in [0.1, 0.15) is 43.5 Å². The van der Waals surface area contributed by atoms with E-state index < -0.39 is 10.9 Å². The quantitative estimate of drug-likeness (QED) is 0.665. The van der Waals surface area contributed by atoms with Crippen molar-refractivity contribution in [3.05, 3.63) is 33.9 Å². The molecule has 1 aliphatic rings. The van der Waals surface area contributed by atoms with Crippen LogP contribution in [0.3, 0.4) is 0 Å². The summed E-state index contributed by atoms with van der Waals surface area (Å²) in [6, 6.07) is 4.23. The van der Waals surface area contributed by atoms with Crippen molar-refractivity contribution in [3.8, 4) is 0 Å². The molecule has 2 rings (SSSR count). The van der Waals surface area contributed by atoms with Gasteiger partial charge in [0, 0.05) is 19.2 Å². The molecule has 1 fully saturated rings. The van der Waals surface area contributed by atoms with Gasteiger partial charge >= 0.3 is 5.97 Å². The van der Waals surface area contributed by atoms with Crippen LogP contribution in [0.2, 0.25) is 0 Å². The van der Waals surface area contributed by atoms with E-state index in [0.717, 1.165) is 19.3 Å². The van der Waals surface area contributed by atoms with Crippen molar-refractivity contribution in [2.24, 2.45) is 5.41 Å². The van der Waals surface area contributed by atoms with Crippen LogP contribution in [0.15, 0.2) is 18.2 Å². The molecule has 21 heavy (non-hydrogen) atoms. The highest BCUT2D eigenvalue weighted by molar-refractivity contribution is 5.97. The van der Waals surface area contributed by atoms with Gasteiger partial charge in [0.1, 0.15) is 5.69 Å². The second-order valence-corrected chi connectivity index (χ2v) is 5.61. The van der Waals surface area contributed by atoms with E-state index in [2.05, 4.69) is 13.8 Å². The highest BCUT2D eigenvalue weighted by Gasteiger charge is 2.38. The highest BCUT2D eigenvalue weighted by Crippen LogP contribution is 2.42. The SMILES string of the molecule is CCC1(CC)CCN(c2c(C(=O)O)cccc2[N+](=O)[O-])C1. The summed E-state index contributed by atoms with van der Waals surface area (Å²) in [6.45, 7) is 5.56. The number of carbonyl (C=O) groups is 1. The van der Waals surface area contributed by atoms with Crippen LogP contribution in [0, 0.1) is 15.5 Å². The van der Waals surface area contributed by atoms with Gasteiger partial charge in [-0.2, -0.15) is 0 Å². The zero-order valence-electron chi connectivity index (χ0n) is 12.3. The molecule has 0 aliphatic carbocycles. The summed E-state index contributed by atoms with van der Waals surface area (Å²) < 4.78 is 0. The van der Waals surface area contributed by atoms with E-state index in [9.17, 15) is 20.0 Å². The summed E-state index contributed by atoms with van der Waals surface area (Å²) in [5.41, 5.74) is 0.253. The lowest BCUT2D eigenvalue weighted by atomic mass is 9.82. The zero-order chi connectivity index (χ0) is 15.6. The summed E-state index contributed by atoms with van der Waals surface area (Å²) in [4.78, 5) is 24.0. The summed E-state index contributed by atoms with van der Waals surface area (Å²) in [7, 11) is 0. The number of aromatic carboxylic acids is 1. The van der Waals surface area contributed by atoms with Gasteiger partial charge in [-0.15, -0.1) is 0 Å². The van der Waals surface area contributed by atoms with E-state index in [1.54, 1.807) is 0 Å². The predicted molar refractivity (Wildman–Crippen MR) is 79.9 cm³/mol. The number of hydrogen-bond acceptors (Lipinski definition) is 4. The normalized spacial score (nSPS) is 17.0. The Balaban J connectivity index is 2.48. The lowest BCUT2D eigenvalue weighted by Crippen LogP contribution is -2.28. The summed E-state index contributed by atoms with van der Waals surface area (Å²) in [5.74, 6) is -1.13. The van der Waals surface area contributed by atoms with Gasteiger partial charge < -0.3 is 10.0 Å². The molecule has 0 amide bonds. The number of nitro benzene ring substituents is 1. The maximum atomic E-state index is 11.4. The molecular formula is C15H20N2O4. The van der Waals surface area contributed by atoms with Crippen LogP contribution in [0.5, 0.6) is 0 Å². The average molecular weight is 292 g/mol. The first-order chi connectivity index (χ1) is 9.94. The Morgan fingerprint density at radius 3 is 2.57 bits per heavy atom. The number of hydrogen-bond donors (Lipinski definition) is 1. The Labute approximate surface area is 123 Å². The minimum absolute atomic E-state index is 0.00667. The third-order valence-electron chi connectivity index (χ3n) is 4.70. The van der Waals surface area contributed by atoms with Gasteiger partial charge in [-0.1, -0.05) is 19.9 Å². The molecule has 6 nitrogen and oxygen atoms in total. The number of nitrogens with zero attached hydrogens (tertiary/aromatic N) is 2. The fourth-order valence-electron chi connectivity index (χ4n) is 3.14. The van der Waals surface area contributed by atoms with Gasteiger partial charge in [-0.3, -0.25) is 10.1 Å². The molecule has 0 atom stereocenters. The van der Waals surface area contributed by atoms with Crippen molar-refractivity contribution < 1.29 is 14.8 Å². The van der Waals surface area contributed by atoms with Gasteiger partial charge in [0.05, 0.1) is 10.5 Å². The van der Waals surface area contributed by atoms with E-state index in [4.69, 9.17) is 0 Å². The molecule has 0 saturated carbocycles. The first-order valence-electron chi connectivity index (χ1n) is 7.19. The van der Waals surface area contributed by atoms with E-state index in [1.807, 2.05) is 4.90 Å². The summed E-state index contributed by atoms with van der Waals surface area (Å²) >= 11 is 0. The molecule has 114 valence electrons. The number of anilines is 1. The second kappa shape index (κ2) is 5.71. The summed E-state index contributed by atoms with van der Waals surface area (Å²) in [6.07, 6.45) is 2.91. The molecule has 0 unspecified atom stereocenters. The fourth-order valence-corrected chi connectivity index (χ4v) is 3.14. The third-order valence-corrected chi connectivity index (χ3v) is 4.70. The Morgan fingerprint density at radius 1 is 1.43 bits per heavy atom. The maximum Gasteiger partial charge on any atom is 0.338 e. The van der Waals surface area contributed by atoms with Gasteiger partial charge in [0.15, 0.2) is 0 Å². The van der Waals surface area contributed by atoms with Gasteiger partial charge in [-0.05, 0) is 30.7 Å². The fraction of sp³-hybridized carbons (Fsp3) is 0.533. The van der Waals surface area contributed by atoms with E-state index in [1.165, 1.54) is 18.2 Å². The Hall–Kier alpha value is -2.11. The number of benzene rings is 1. The van der Waals surface area contributed by atoms with Crippen molar-refractivity contribution in [1.29, 1.82) is 0 Å². The number of carboxylic acid groups (broad SMARTS) is 1. The van der Waals surface area contributed by atoms with Crippen LogP contribution in [0.25, 0.3) is 0 Å². The molecule has 0 aromatic heterocycles. The zero-order valence-corrected chi connectivity index (χ0v) is 12.3. The predicted octanol–water partition coefficient (Wildman–Crippen LogP) is 3.31. The minimum atomic E-state index is -1.13. The Morgan fingerprint density at radius 2 is 2.10 bits per heavy atom. The van der Waals surface area contributed by atoms with Crippen LogP contribution >= 0.6 is 0 Å². The van der Waals surface area contributed by atoms with Crippen LogP contribution in [-0.4, -0.2) is 29.1 Å². The number of nitro groups is 1. The minimum Gasteiger partial charge on any atom is -0.478 e. The topological polar surface area (TPSA) is 83.7 Å². The monoisotopic (exact) mass is 292 g/mol. The molecule has 0 bridgehead atoms. The first kappa shape index (κ1) is 15.3. The summed E-state index contributed by atoms with van der Waals surface area (Å²) in [5, 5.41) is 20.6. The number of carboxylic acids is 1. The molecule has 0 radical (unpaired) electrons. The first-order valence-corrected chi connectivity index (χ1v) is 7.19. The van der Waals surface area contributed by atoms with Crippen molar-refractivity contribution in [3.63, 3.8) is 0 Å². The van der Waals surface area contributed by atoms with Crippen LogP contribution in [-0.2, 0) is 0 Å². The molecule has 1 heterocycles. The molecule has 1 saturated heterocycles. The smallest absolute Gasteiger partial charge is 0.338 e. The van der Waals surface area contributed by atoms with Gasteiger partial charge in [0.2, 0.25) is 0 Å². The number of rotatable bonds is 5. The maximum absolute atomic E-state index is 11.4. The van der Waals surface area contributed by atoms with Crippen LogP contribution < -0.4 is 4.90 Å². The second-order valence-electron chi connectivity index (χ2n) is 5.61. The lowest BCUT2D eigenvalue weighted by Gasteiger charge is -2.27.